The number of carbonyl (C=O) groups excluding carboxylic acids is 1. The molecule has 2 N–H and O–H groups in total. The zero-order valence-corrected chi connectivity index (χ0v) is 11.6. The fourth-order valence-corrected chi connectivity index (χ4v) is 1.62. The van der Waals surface area contributed by atoms with Crippen molar-refractivity contribution in [2.75, 3.05) is 5.32 Å². The Morgan fingerprint density at radius 3 is 2.70 bits per heavy atom. The van der Waals surface area contributed by atoms with E-state index < -0.39 is 0 Å². The molecule has 1 atom stereocenters. The van der Waals surface area contributed by atoms with Crippen LogP contribution < -0.4 is 10.6 Å². The molecule has 0 bridgehead atoms. The quantitative estimate of drug-likeness (QED) is 0.876. The van der Waals surface area contributed by atoms with Crippen molar-refractivity contribution in [3.05, 3.63) is 48.4 Å². The highest BCUT2D eigenvalue weighted by Crippen LogP contribution is 2.13. The summed E-state index contributed by atoms with van der Waals surface area (Å²) in [6.45, 7) is 3.98. The Morgan fingerprint density at radius 2 is 2.00 bits per heavy atom. The molecule has 5 heteroatoms. The van der Waals surface area contributed by atoms with Gasteiger partial charge in [0.15, 0.2) is 0 Å². The molecular formula is C15H18N4O. The number of hydrogen-bond acceptors (Lipinski definition) is 4. The molecule has 104 valence electrons. The van der Waals surface area contributed by atoms with Crippen LogP contribution in [-0.4, -0.2) is 21.9 Å². The van der Waals surface area contributed by atoms with Crippen molar-refractivity contribution in [1.29, 1.82) is 0 Å². The molecule has 0 spiro atoms. The Hall–Kier alpha value is -2.43. The van der Waals surface area contributed by atoms with Crippen LogP contribution >= 0.6 is 0 Å². The second kappa shape index (κ2) is 6.65. The first-order valence-corrected chi connectivity index (χ1v) is 6.64. The van der Waals surface area contributed by atoms with Gasteiger partial charge in [-0.3, -0.25) is 4.79 Å². The Balaban J connectivity index is 2.10. The summed E-state index contributed by atoms with van der Waals surface area (Å²) in [5, 5.41) is 6.02. The van der Waals surface area contributed by atoms with Crippen LogP contribution in [0.1, 0.15) is 30.8 Å². The normalized spacial score (nSPS) is 11.7. The smallest absolute Gasteiger partial charge is 0.270 e. The lowest BCUT2D eigenvalue weighted by atomic mass is 10.2. The van der Waals surface area contributed by atoms with Gasteiger partial charge in [-0.15, -0.1) is 0 Å². The van der Waals surface area contributed by atoms with Crippen molar-refractivity contribution in [3.8, 4) is 0 Å². The van der Waals surface area contributed by atoms with Gasteiger partial charge in [-0.1, -0.05) is 25.1 Å². The predicted molar refractivity (Wildman–Crippen MR) is 79.0 cm³/mol. The van der Waals surface area contributed by atoms with Crippen LogP contribution in [0.5, 0.6) is 0 Å². The molecule has 1 aromatic heterocycles. The van der Waals surface area contributed by atoms with Gasteiger partial charge in [-0.25, -0.2) is 9.97 Å². The maximum Gasteiger partial charge on any atom is 0.270 e. The van der Waals surface area contributed by atoms with Gasteiger partial charge in [-0.05, 0) is 25.5 Å². The molecule has 0 aliphatic carbocycles. The number of carbonyl (C=O) groups is 1. The van der Waals surface area contributed by atoms with Gasteiger partial charge in [0.25, 0.3) is 5.91 Å². The van der Waals surface area contributed by atoms with E-state index in [2.05, 4.69) is 20.6 Å². The monoisotopic (exact) mass is 270 g/mol. The molecular weight excluding hydrogens is 252 g/mol. The molecule has 1 unspecified atom stereocenters. The standard InChI is InChI=1S/C15H18N4O/c1-3-11(2)18-15(20)13-9-14(17-10-16-13)19-12-7-5-4-6-8-12/h4-11H,3H2,1-2H3,(H,18,20)(H,16,17,19). The van der Waals surface area contributed by atoms with Gasteiger partial charge in [0.1, 0.15) is 17.8 Å². The van der Waals surface area contributed by atoms with E-state index in [1.807, 2.05) is 44.2 Å². The maximum atomic E-state index is 12.0. The van der Waals surface area contributed by atoms with Crippen molar-refractivity contribution in [2.24, 2.45) is 0 Å². The van der Waals surface area contributed by atoms with Gasteiger partial charge in [0.05, 0.1) is 0 Å². The number of rotatable bonds is 5. The lowest BCUT2D eigenvalue weighted by molar-refractivity contribution is 0.0934. The topological polar surface area (TPSA) is 66.9 Å². The summed E-state index contributed by atoms with van der Waals surface area (Å²) in [5.41, 5.74) is 1.28. The Kier molecular flexibility index (Phi) is 4.65. The highest BCUT2D eigenvalue weighted by molar-refractivity contribution is 5.93. The first-order valence-electron chi connectivity index (χ1n) is 6.64. The zero-order chi connectivity index (χ0) is 14.4. The second-order valence-corrected chi connectivity index (χ2v) is 4.56. The number of hydrogen-bond donors (Lipinski definition) is 2. The third-order valence-electron chi connectivity index (χ3n) is 2.94. The van der Waals surface area contributed by atoms with E-state index in [1.165, 1.54) is 6.33 Å². The second-order valence-electron chi connectivity index (χ2n) is 4.56. The van der Waals surface area contributed by atoms with E-state index in [1.54, 1.807) is 6.07 Å². The average molecular weight is 270 g/mol. The molecule has 1 aromatic carbocycles. The third-order valence-corrected chi connectivity index (χ3v) is 2.94. The number of para-hydroxylation sites is 1. The van der Waals surface area contributed by atoms with Gasteiger partial charge in [-0.2, -0.15) is 0 Å². The van der Waals surface area contributed by atoms with Crippen LogP contribution in [0.15, 0.2) is 42.7 Å². The minimum Gasteiger partial charge on any atom is -0.348 e. The Morgan fingerprint density at radius 1 is 1.25 bits per heavy atom. The fraction of sp³-hybridized carbons (Fsp3) is 0.267. The molecule has 0 aliphatic heterocycles. The first kappa shape index (κ1) is 14.0. The lowest BCUT2D eigenvalue weighted by Crippen LogP contribution is -2.32. The number of anilines is 2. The Bertz CT molecular complexity index is 571. The Labute approximate surface area is 118 Å². The van der Waals surface area contributed by atoms with E-state index in [4.69, 9.17) is 0 Å². The number of amides is 1. The maximum absolute atomic E-state index is 12.0. The van der Waals surface area contributed by atoms with E-state index in [0.717, 1.165) is 12.1 Å². The highest BCUT2D eigenvalue weighted by Gasteiger charge is 2.10. The average Bonchev–Trinajstić information content (AvgIpc) is 2.48. The van der Waals surface area contributed by atoms with Crippen LogP contribution in [-0.2, 0) is 0 Å². The van der Waals surface area contributed by atoms with E-state index >= 15 is 0 Å². The number of benzene rings is 1. The molecule has 0 fully saturated rings. The summed E-state index contributed by atoms with van der Waals surface area (Å²) >= 11 is 0. The van der Waals surface area contributed by atoms with Crippen LogP contribution in [0.3, 0.4) is 0 Å². The molecule has 0 radical (unpaired) electrons. The largest absolute Gasteiger partial charge is 0.348 e. The van der Waals surface area contributed by atoms with Crippen LogP contribution in [0.4, 0.5) is 11.5 Å². The summed E-state index contributed by atoms with van der Waals surface area (Å²) < 4.78 is 0. The number of nitrogens with one attached hydrogen (secondary N) is 2. The predicted octanol–water partition coefficient (Wildman–Crippen LogP) is 2.75. The van der Waals surface area contributed by atoms with Crippen LogP contribution in [0.25, 0.3) is 0 Å². The lowest BCUT2D eigenvalue weighted by Gasteiger charge is -2.11. The summed E-state index contributed by atoms with van der Waals surface area (Å²) in [6, 6.07) is 11.4. The summed E-state index contributed by atoms with van der Waals surface area (Å²) in [4.78, 5) is 20.1. The minimum absolute atomic E-state index is 0.128. The minimum atomic E-state index is -0.183. The van der Waals surface area contributed by atoms with Gasteiger partial charge < -0.3 is 10.6 Å². The van der Waals surface area contributed by atoms with Crippen molar-refractivity contribution < 1.29 is 4.79 Å². The fourth-order valence-electron chi connectivity index (χ4n) is 1.62. The van der Waals surface area contributed by atoms with Gasteiger partial charge in [0.2, 0.25) is 0 Å². The van der Waals surface area contributed by atoms with Crippen molar-refractivity contribution in [2.45, 2.75) is 26.3 Å². The molecule has 1 amide bonds. The van der Waals surface area contributed by atoms with E-state index in [0.29, 0.717) is 11.5 Å². The molecule has 0 aliphatic rings. The highest BCUT2D eigenvalue weighted by atomic mass is 16.1. The van der Waals surface area contributed by atoms with E-state index in [9.17, 15) is 4.79 Å². The zero-order valence-electron chi connectivity index (χ0n) is 11.6. The van der Waals surface area contributed by atoms with Crippen molar-refractivity contribution >= 4 is 17.4 Å². The van der Waals surface area contributed by atoms with E-state index in [-0.39, 0.29) is 11.9 Å². The third kappa shape index (κ3) is 3.78. The molecule has 0 saturated heterocycles. The molecule has 0 saturated carbocycles. The van der Waals surface area contributed by atoms with Crippen LogP contribution in [0.2, 0.25) is 0 Å². The van der Waals surface area contributed by atoms with Crippen LogP contribution in [0, 0.1) is 0 Å². The SMILES string of the molecule is CCC(C)NC(=O)c1cc(Nc2ccccc2)ncn1. The molecule has 20 heavy (non-hydrogen) atoms. The number of aromatic nitrogens is 2. The number of nitrogens with zero attached hydrogens (tertiary/aromatic N) is 2. The summed E-state index contributed by atoms with van der Waals surface area (Å²) in [6.07, 6.45) is 2.27. The van der Waals surface area contributed by atoms with Crippen molar-refractivity contribution in [1.82, 2.24) is 15.3 Å². The van der Waals surface area contributed by atoms with Crippen molar-refractivity contribution in [3.63, 3.8) is 0 Å². The molecule has 2 aromatic rings. The van der Waals surface area contributed by atoms with Gasteiger partial charge in [0, 0.05) is 17.8 Å². The summed E-state index contributed by atoms with van der Waals surface area (Å²) in [7, 11) is 0. The summed E-state index contributed by atoms with van der Waals surface area (Å²) in [5.74, 6) is 0.415. The molecule has 5 nitrogen and oxygen atoms in total. The first-order chi connectivity index (χ1) is 9.69. The molecule has 1 heterocycles. The molecule has 2 rings (SSSR count). The van der Waals surface area contributed by atoms with Gasteiger partial charge >= 0.3 is 0 Å².